The van der Waals surface area contributed by atoms with E-state index in [1.54, 1.807) is 0 Å². The van der Waals surface area contributed by atoms with Crippen LogP contribution in [0.1, 0.15) is 12.0 Å². The van der Waals surface area contributed by atoms with Crippen LogP contribution in [-0.2, 0) is 4.52 Å². The van der Waals surface area contributed by atoms with E-state index in [0.717, 1.165) is 18.8 Å². The molecule has 13 heavy (non-hydrogen) atoms. The maximum absolute atomic E-state index is 5.55. The van der Waals surface area contributed by atoms with Gasteiger partial charge >= 0.3 is 0 Å². The minimum atomic E-state index is 0.708. The Bertz CT molecular complexity index is 250. The molecule has 0 radical (unpaired) electrons. The fraction of sp³-hybridized carbons (Fsp3) is 0.400. The molecule has 0 fully saturated rings. The Kier molecular flexibility index (Phi) is 4.81. The van der Waals surface area contributed by atoms with E-state index in [9.17, 15) is 0 Å². The third-order valence-electron chi connectivity index (χ3n) is 1.76. The van der Waals surface area contributed by atoms with Gasteiger partial charge in [-0.1, -0.05) is 18.2 Å². The Balaban J connectivity index is 2.32. The third kappa shape index (κ3) is 3.75. The van der Waals surface area contributed by atoms with E-state index in [-0.39, 0.29) is 0 Å². The molecule has 0 saturated carbocycles. The van der Waals surface area contributed by atoms with Crippen molar-refractivity contribution in [2.45, 2.75) is 13.3 Å². The molecule has 1 aromatic carbocycles. The summed E-state index contributed by atoms with van der Waals surface area (Å²) >= 11 is 0. The summed E-state index contributed by atoms with van der Waals surface area (Å²) in [6, 6.07) is 8.01. The van der Waals surface area contributed by atoms with Crippen LogP contribution in [0, 0.1) is 6.92 Å². The van der Waals surface area contributed by atoms with Gasteiger partial charge in [0.05, 0.1) is 13.2 Å². The highest BCUT2D eigenvalue weighted by atomic mass is 31.0. The first-order chi connectivity index (χ1) is 6.34. The Morgan fingerprint density at radius 2 is 2.00 bits per heavy atom. The molecule has 0 heterocycles. The van der Waals surface area contributed by atoms with Crippen LogP contribution in [-0.4, -0.2) is 13.2 Å². The molecule has 0 bridgehead atoms. The lowest BCUT2D eigenvalue weighted by atomic mass is 10.2. The first kappa shape index (κ1) is 10.5. The van der Waals surface area contributed by atoms with Crippen LogP contribution in [0.5, 0.6) is 5.75 Å². The molecule has 0 saturated heterocycles. The van der Waals surface area contributed by atoms with Crippen molar-refractivity contribution in [2.24, 2.45) is 0 Å². The Morgan fingerprint density at radius 3 is 2.69 bits per heavy atom. The maximum atomic E-state index is 5.55. The van der Waals surface area contributed by atoms with E-state index < -0.39 is 0 Å². The summed E-state index contributed by atoms with van der Waals surface area (Å²) in [7, 11) is 2.23. The van der Waals surface area contributed by atoms with Crippen molar-refractivity contribution in [3.63, 3.8) is 0 Å². The normalized spacial score (nSPS) is 10.0. The van der Waals surface area contributed by atoms with Crippen LogP contribution in [0.2, 0.25) is 0 Å². The predicted octanol–water partition coefficient (Wildman–Crippen LogP) is 2.57. The summed E-state index contributed by atoms with van der Waals surface area (Å²) < 4.78 is 10.4. The van der Waals surface area contributed by atoms with Crippen LogP contribution in [0.4, 0.5) is 0 Å². The summed E-state index contributed by atoms with van der Waals surface area (Å²) in [5, 5.41) is 0. The molecule has 0 amide bonds. The van der Waals surface area contributed by atoms with Gasteiger partial charge in [-0.05, 0) is 18.6 Å². The molecule has 1 rings (SSSR count). The Hall–Kier alpha value is -0.590. The average molecular weight is 198 g/mol. The molecule has 0 aliphatic carbocycles. The summed E-state index contributed by atoms with van der Waals surface area (Å²) in [5.41, 5.74) is 1.18. The van der Waals surface area contributed by atoms with Crippen LogP contribution in [0.25, 0.3) is 0 Å². The van der Waals surface area contributed by atoms with E-state index in [1.165, 1.54) is 5.56 Å². The van der Waals surface area contributed by atoms with Gasteiger partial charge in [0, 0.05) is 15.9 Å². The number of aryl methyl sites for hydroxylation is 1. The van der Waals surface area contributed by atoms with Crippen molar-refractivity contribution < 1.29 is 9.26 Å². The fourth-order valence-electron chi connectivity index (χ4n) is 1.04. The van der Waals surface area contributed by atoms with Crippen LogP contribution in [0.3, 0.4) is 0 Å². The topological polar surface area (TPSA) is 18.5 Å². The molecule has 0 aliphatic heterocycles. The van der Waals surface area contributed by atoms with Crippen molar-refractivity contribution in [2.75, 3.05) is 13.2 Å². The van der Waals surface area contributed by atoms with Gasteiger partial charge in [-0.25, -0.2) is 0 Å². The molecule has 0 aromatic heterocycles. The van der Waals surface area contributed by atoms with Gasteiger partial charge in [-0.2, -0.15) is 0 Å². The standard InChI is InChI=1S/C10H15O2P/c1-9-5-2-3-6-10(9)11-7-4-8-12-13/h2-3,5-6H,4,7-8,13H2,1H3. The summed E-state index contributed by atoms with van der Waals surface area (Å²) in [4.78, 5) is 0. The monoisotopic (exact) mass is 198 g/mol. The van der Waals surface area contributed by atoms with Crippen molar-refractivity contribution in [1.29, 1.82) is 0 Å². The summed E-state index contributed by atoms with van der Waals surface area (Å²) in [5.74, 6) is 0.964. The quantitative estimate of drug-likeness (QED) is 0.534. The molecule has 2 nitrogen and oxygen atoms in total. The van der Waals surface area contributed by atoms with Gasteiger partial charge in [0.15, 0.2) is 0 Å². The number of para-hydroxylation sites is 1. The molecule has 1 aromatic rings. The highest BCUT2D eigenvalue weighted by Gasteiger charge is 1.96. The van der Waals surface area contributed by atoms with Gasteiger partial charge in [-0.15, -0.1) is 0 Å². The van der Waals surface area contributed by atoms with Crippen LogP contribution < -0.4 is 4.74 Å². The minimum Gasteiger partial charge on any atom is -0.493 e. The van der Waals surface area contributed by atoms with E-state index in [1.807, 2.05) is 31.2 Å². The molecule has 1 atom stereocenters. The Labute approximate surface area is 81.5 Å². The molecular weight excluding hydrogens is 183 g/mol. The van der Waals surface area contributed by atoms with Gasteiger partial charge < -0.3 is 9.26 Å². The largest absolute Gasteiger partial charge is 0.493 e. The minimum absolute atomic E-state index is 0.708. The lowest BCUT2D eigenvalue weighted by molar-refractivity contribution is 0.265. The van der Waals surface area contributed by atoms with Gasteiger partial charge in [0.25, 0.3) is 0 Å². The lowest BCUT2D eigenvalue weighted by Gasteiger charge is -2.07. The van der Waals surface area contributed by atoms with Crippen LogP contribution >= 0.6 is 9.47 Å². The van der Waals surface area contributed by atoms with Crippen molar-refractivity contribution in [1.82, 2.24) is 0 Å². The molecule has 72 valence electrons. The van der Waals surface area contributed by atoms with Crippen LogP contribution in [0.15, 0.2) is 24.3 Å². The predicted molar refractivity (Wildman–Crippen MR) is 57.0 cm³/mol. The maximum Gasteiger partial charge on any atom is 0.122 e. The Morgan fingerprint density at radius 1 is 1.23 bits per heavy atom. The number of ether oxygens (including phenoxy) is 1. The van der Waals surface area contributed by atoms with E-state index in [0.29, 0.717) is 6.61 Å². The molecule has 0 aliphatic rings. The summed E-state index contributed by atoms with van der Waals surface area (Å²) in [6.07, 6.45) is 0.915. The number of hydrogen-bond donors (Lipinski definition) is 0. The zero-order valence-corrected chi connectivity index (χ0v) is 8.98. The van der Waals surface area contributed by atoms with E-state index >= 15 is 0 Å². The third-order valence-corrected chi connectivity index (χ3v) is 1.99. The SMILES string of the molecule is Cc1ccccc1OCCCOP. The smallest absolute Gasteiger partial charge is 0.122 e. The summed E-state index contributed by atoms with van der Waals surface area (Å²) in [6.45, 7) is 3.47. The molecule has 1 unspecified atom stereocenters. The molecule has 0 N–H and O–H groups in total. The highest BCUT2D eigenvalue weighted by Crippen LogP contribution is 2.16. The van der Waals surface area contributed by atoms with E-state index in [4.69, 9.17) is 9.26 Å². The molecule has 3 heteroatoms. The van der Waals surface area contributed by atoms with Crippen molar-refractivity contribution in [3.05, 3.63) is 29.8 Å². The number of hydrogen-bond acceptors (Lipinski definition) is 2. The number of rotatable bonds is 5. The van der Waals surface area contributed by atoms with Crippen molar-refractivity contribution in [3.8, 4) is 5.75 Å². The van der Waals surface area contributed by atoms with E-state index in [2.05, 4.69) is 9.47 Å². The second kappa shape index (κ2) is 5.95. The van der Waals surface area contributed by atoms with Gasteiger partial charge in [-0.3, -0.25) is 0 Å². The number of benzene rings is 1. The second-order valence-corrected chi connectivity index (χ2v) is 3.17. The molecule has 0 spiro atoms. The fourth-order valence-corrected chi connectivity index (χ4v) is 1.21. The van der Waals surface area contributed by atoms with Crippen molar-refractivity contribution >= 4 is 9.47 Å². The zero-order valence-electron chi connectivity index (χ0n) is 7.82. The average Bonchev–Trinajstić information content (AvgIpc) is 2.15. The first-order valence-corrected chi connectivity index (χ1v) is 4.82. The molecular formula is C10H15O2P. The highest BCUT2D eigenvalue weighted by molar-refractivity contribution is 7.09. The van der Waals surface area contributed by atoms with Gasteiger partial charge in [0.2, 0.25) is 0 Å². The van der Waals surface area contributed by atoms with Gasteiger partial charge in [0.1, 0.15) is 5.75 Å². The zero-order chi connectivity index (χ0) is 9.52. The first-order valence-electron chi connectivity index (χ1n) is 4.34. The lowest BCUT2D eigenvalue weighted by Crippen LogP contribution is -2.00. The second-order valence-electron chi connectivity index (χ2n) is 2.84.